The summed E-state index contributed by atoms with van der Waals surface area (Å²) in [5, 5.41) is 4.20. The molecule has 3 unspecified atom stereocenters. The van der Waals surface area contributed by atoms with Crippen molar-refractivity contribution in [1.82, 2.24) is 5.32 Å². The van der Waals surface area contributed by atoms with Crippen molar-refractivity contribution in [1.29, 1.82) is 0 Å². The topological polar surface area (TPSA) is 12.0 Å². The van der Waals surface area contributed by atoms with Crippen LogP contribution in [0.15, 0.2) is 24.3 Å². The van der Waals surface area contributed by atoms with Crippen LogP contribution in [0.2, 0.25) is 5.02 Å². The summed E-state index contributed by atoms with van der Waals surface area (Å²) in [5.41, 5.74) is 1.35. The molecule has 1 aliphatic rings. The summed E-state index contributed by atoms with van der Waals surface area (Å²) < 4.78 is 0. The minimum atomic E-state index is 0.502. The SMILES string of the molecule is CNC(c1ccc(Cl)cc1)C1CC1C. The maximum absolute atomic E-state index is 5.86. The maximum Gasteiger partial charge on any atom is 0.0406 e. The van der Waals surface area contributed by atoms with E-state index >= 15 is 0 Å². The highest BCUT2D eigenvalue weighted by Gasteiger charge is 2.39. The molecule has 0 saturated heterocycles. The van der Waals surface area contributed by atoms with Gasteiger partial charge in [-0.2, -0.15) is 0 Å². The first-order valence-corrected chi connectivity index (χ1v) is 5.53. The zero-order valence-electron chi connectivity index (χ0n) is 8.63. The van der Waals surface area contributed by atoms with Crippen LogP contribution >= 0.6 is 11.6 Å². The average molecular weight is 210 g/mol. The van der Waals surface area contributed by atoms with Crippen molar-refractivity contribution >= 4 is 11.6 Å². The molecule has 1 fully saturated rings. The Bertz CT molecular complexity index is 307. The Morgan fingerprint density at radius 1 is 1.36 bits per heavy atom. The zero-order valence-corrected chi connectivity index (χ0v) is 9.38. The average Bonchev–Trinajstić information content (AvgIpc) is 2.88. The first-order valence-electron chi connectivity index (χ1n) is 5.15. The summed E-state index contributed by atoms with van der Waals surface area (Å²) in [7, 11) is 2.03. The molecule has 3 atom stereocenters. The van der Waals surface area contributed by atoms with E-state index < -0.39 is 0 Å². The lowest BCUT2D eigenvalue weighted by molar-refractivity contribution is 0.504. The van der Waals surface area contributed by atoms with Gasteiger partial charge in [0.05, 0.1) is 0 Å². The van der Waals surface area contributed by atoms with Crippen molar-refractivity contribution in [2.45, 2.75) is 19.4 Å². The van der Waals surface area contributed by atoms with E-state index in [2.05, 4.69) is 24.4 Å². The Morgan fingerprint density at radius 2 is 1.93 bits per heavy atom. The summed E-state index contributed by atoms with van der Waals surface area (Å²) >= 11 is 5.86. The molecule has 2 heteroatoms. The highest BCUT2D eigenvalue weighted by Crippen LogP contribution is 2.46. The molecule has 1 nitrogen and oxygen atoms in total. The highest BCUT2D eigenvalue weighted by atomic mass is 35.5. The fourth-order valence-electron chi connectivity index (χ4n) is 2.11. The minimum Gasteiger partial charge on any atom is -0.313 e. The minimum absolute atomic E-state index is 0.502. The van der Waals surface area contributed by atoms with Gasteiger partial charge in [0.15, 0.2) is 0 Å². The fraction of sp³-hybridized carbons (Fsp3) is 0.500. The Balaban J connectivity index is 2.15. The molecule has 76 valence electrons. The quantitative estimate of drug-likeness (QED) is 0.806. The third-order valence-electron chi connectivity index (χ3n) is 3.14. The molecule has 0 aromatic heterocycles. The van der Waals surface area contributed by atoms with E-state index in [0.717, 1.165) is 16.9 Å². The van der Waals surface area contributed by atoms with Gasteiger partial charge in [0.25, 0.3) is 0 Å². The number of benzene rings is 1. The summed E-state index contributed by atoms with van der Waals surface area (Å²) in [6, 6.07) is 8.67. The smallest absolute Gasteiger partial charge is 0.0406 e. The van der Waals surface area contributed by atoms with Crippen molar-refractivity contribution in [2.75, 3.05) is 7.05 Å². The van der Waals surface area contributed by atoms with Gasteiger partial charge in [0.1, 0.15) is 0 Å². The van der Waals surface area contributed by atoms with Crippen molar-refractivity contribution in [3.8, 4) is 0 Å². The molecule has 2 rings (SSSR count). The predicted octanol–water partition coefficient (Wildman–Crippen LogP) is 3.26. The van der Waals surface area contributed by atoms with E-state index in [1.807, 2.05) is 19.2 Å². The van der Waals surface area contributed by atoms with Gasteiger partial charge in [-0.25, -0.2) is 0 Å². The summed E-state index contributed by atoms with van der Waals surface area (Å²) in [6.45, 7) is 2.31. The molecule has 0 bridgehead atoms. The molecular weight excluding hydrogens is 194 g/mol. The molecule has 1 saturated carbocycles. The third-order valence-corrected chi connectivity index (χ3v) is 3.39. The third kappa shape index (κ3) is 1.94. The van der Waals surface area contributed by atoms with Crippen molar-refractivity contribution in [2.24, 2.45) is 11.8 Å². The number of hydrogen-bond donors (Lipinski definition) is 1. The lowest BCUT2D eigenvalue weighted by atomic mass is 10.0. The van der Waals surface area contributed by atoms with Crippen LogP contribution in [-0.2, 0) is 0 Å². The summed E-state index contributed by atoms with van der Waals surface area (Å²) in [5.74, 6) is 1.67. The van der Waals surface area contributed by atoms with Crippen LogP contribution in [-0.4, -0.2) is 7.05 Å². The predicted molar refractivity (Wildman–Crippen MR) is 60.5 cm³/mol. The first kappa shape index (κ1) is 10.0. The molecule has 0 radical (unpaired) electrons. The number of rotatable bonds is 3. The summed E-state index contributed by atoms with van der Waals surface area (Å²) in [4.78, 5) is 0. The van der Waals surface area contributed by atoms with Crippen molar-refractivity contribution in [3.05, 3.63) is 34.9 Å². The van der Waals surface area contributed by atoms with Gasteiger partial charge in [-0.1, -0.05) is 30.7 Å². The maximum atomic E-state index is 5.86. The van der Waals surface area contributed by atoms with Crippen LogP contribution in [0.1, 0.15) is 24.9 Å². The standard InChI is InChI=1S/C12H16ClN/c1-8-7-11(8)12(14-2)9-3-5-10(13)6-4-9/h3-6,8,11-12,14H,7H2,1-2H3. The van der Waals surface area contributed by atoms with Crippen molar-refractivity contribution < 1.29 is 0 Å². The Hall–Kier alpha value is -0.530. The molecule has 1 aliphatic carbocycles. The second-order valence-electron chi connectivity index (χ2n) is 4.19. The molecule has 0 amide bonds. The summed E-state index contributed by atoms with van der Waals surface area (Å²) in [6.07, 6.45) is 1.34. The molecule has 0 spiro atoms. The molecule has 0 heterocycles. The van der Waals surface area contributed by atoms with Crippen LogP contribution in [0.25, 0.3) is 0 Å². The molecular formula is C12H16ClN. The van der Waals surface area contributed by atoms with E-state index in [1.54, 1.807) is 0 Å². The van der Waals surface area contributed by atoms with E-state index in [-0.39, 0.29) is 0 Å². The number of nitrogens with one attached hydrogen (secondary N) is 1. The van der Waals surface area contributed by atoms with Crippen LogP contribution in [0.5, 0.6) is 0 Å². The van der Waals surface area contributed by atoms with E-state index in [9.17, 15) is 0 Å². The number of hydrogen-bond acceptors (Lipinski definition) is 1. The van der Waals surface area contributed by atoms with Crippen LogP contribution in [0, 0.1) is 11.8 Å². The van der Waals surface area contributed by atoms with Crippen LogP contribution in [0.4, 0.5) is 0 Å². The fourth-order valence-corrected chi connectivity index (χ4v) is 2.24. The van der Waals surface area contributed by atoms with E-state index in [0.29, 0.717) is 6.04 Å². The van der Waals surface area contributed by atoms with Gasteiger partial charge in [-0.3, -0.25) is 0 Å². The van der Waals surface area contributed by atoms with E-state index in [1.165, 1.54) is 12.0 Å². The molecule has 1 aromatic rings. The normalized spacial score (nSPS) is 27.4. The van der Waals surface area contributed by atoms with Crippen LogP contribution in [0.3, 0.4) is 0 Å². The lowest BCUT2D eigenvalue weighted by Crippen LogP contribution is -2.18. The van der Waals surface area contributed by atoms with Gasteiger partial charge >= 0.3 is 0 Å². The molecule has 0 aliphatic heterocycles. The van der Waals surface area contributed by atoms with Gasteiger partial charge < -0.3 is 5.32 Å². The van der Waals surface area contributed by atoms with Gasteiger partial charge in [0.2, 0.25) is 0 Å². The number of halogens is 1. The highest BCUT2D eigenvalue weighted by molar-refractivity contribution is 6.30. The first-order chi connectivity index (χ1) is 6.72. The Kier molecular flexibility index (Phi) is 2.80. The monoisotopic (exact) mass is 209 g/mol. The van der Waals surface area contributed by atoms with Crippen LogP contribution < -0.4 is 5.32 Å². The van der Waals surface area contributed by atoms with Gasteiger partial charge in [-0.05, 0) is 43.0 Å². The molecule has 14 heavy (non-hydrogen) atoms. The second kappa shape index (κ2) is 3.92. The van der Waals surface area contributed by atoms with Crippen molar-refractivity contribution in [3.63, 3.8) is 0 Å². The van der Waals surface area contributed by atoms with Gasteiger partial charge in [0, 0.05) is 11.1 Å². The largest absolute Gasteiger partial charge is 0.313 e. The van der Waals surface area contributed by atoms with E-state index in [4.69, 9.17) is 11.6 Å². The Labute approximate surface area is 90.5 Å². The Morgan fingerprint density at radius 3 is 2.36 bits per heavy atom. The second-order valence-corrected chi connectivity index (χ2v) is 4.63. The van der Waals surface area contributed by atoms with Gasteiger partial charge in [-0.15, -0.1) is 0 Å². The lowest BCUT2D eigenvalue weighted by Gasteiger charge is -2.16. The molecule has 1 aromatic carbocycles. The zero-order chi connectivity index (χ0) is 10.1. The molecule has 1 N–H and O–H groups in total.